The Hall–Kier alpha value is -0.850. The lowest BCUT2D eigenvalue weighted by atomic mass is 10.0. The molecule has 0 aromatic rings. The Morgan fingerprint density at radius 2 is 1.75 bits per heavy atom. The van der Waals surface area contributed by atoms with Crippen LogP contribution in [0, 0.1) is 0 Å². The molecule has 0 atom stereocenters. The fourth-order valence-electron chi connectivity index (χ4n) is 1.37. The van der Waals surface area contributed by atoms with Gasteiger partial charge in [0, 0.05) is 12.8 Å². The summed E-state index contributed by atoms with van der Waals surface area (Å²) in [6, 6.07) is 0. The highest BCUT2D eigenvalue weighted by Crippen LogP contribution is 2.13. The van der Waals surface area contributed by atoms with Gasteiger partial charge in [-0.15, -0.1) is 0 Å². The summed E-state index contributed by atoms with van der Waals surface area (Å²) in [5, 5.41) is 0. The molecule has 0 radical (unpaired) electrons. The molecule has 0 heterocycles. The number of ketones is 1. The molecule has 0 aromatic carbocycles. The van der Waals surface area contributed by atoms with Crippen LogP contribution < -0.4 is 0 Å². The minimum absolute atomic E-state index is 0.374. The predicted octanol–water partition coefficient (Wildman–Crippen LogP) is 3.02. The first-order chi connectivity index (χ1) is 5.79. The van der Waals surface area contributed by atoms with E-state index in [0.29, 0.717) is 12.2 Å². The average molecular weight is 164 g/mol. The second kappa shape index (κ2) is 4.91. The molecule has 1 rings (SSSR count). The summed E-state index contributed by atoms with van der Waals surface area (Å²) >= 11 is 0. The molecule has 0 saturated heterocycles. The van der Waals surface area contributed by atoms with Gasteiger partial charge in [0.1, 0.15) is 5.78 Å². The first kappa shape index (κ1) is 9.24. The lowest BCUT2D eigenvalue weighted by Gasteiger charge is -2.04. The van der Waals surface area contributed by atoms with E-state index in [-0.39, 0.29) is 0 Å². The van der Waals surface area contributed by atoms with Gasteiger partial charge in [-0.25, -0.2) is 0 Å². The van der Waals surface area contributed by atoms with Gasteiger partial charge >= 0.3 is 0 Å². The fraction of sp³-hybridized carbons (Fsp3) is 0.545. The maximum atomic E-state index is 11.1. The van der Waals surface area contributed by atoms with Crippen LogP contribution >= 0.6 is 0 Å². The average Bonchev–Trinajstić information content (AvgIpc) is 2.06. The molecule has 0 aliphatic heterocycles. The monoisotopic (exact) mass is 164 g/mol. The molecule has 1 nitrogen and oxygen atoms in total. The number of hydrogen-bond acceptors (Lipinski definition) is 1. The zero-order chi connectivity index (χ0) is 8.81. The van der Waals surface area contributed by atoms with Crippen LogP contribution in [0.4, 0.5) is 0 Å². The van der Waals surface area contributed by atoms with Crippen LogP contribution in [0.25, 0.3) is 0 Å². The van der Waals surface area contributed by atoms with Crippen LogP contribution in [-0.2, 0) is 4.79 Å². The van der Waals surface area contributed by atoms with Gasteiger partial charge in [0.05, 0.1) is 0 Å². The molecule has 0 spiro atoms. The number of allylic oxidation sites excluding steroid dienone is 3. The normalized spacial score (nSPS) is 23.7. The summed E-state index contributed by atoms with van der Waals surface area (Å²) in [7, 11) is 0. The number of carbonyl (C=O) groups excluding carboxylic acids is 1. The topological polar surface area (TPSA) is 17.1 Å². The Labute approximate surface area is 74.2 Å². The number of Topliss-reactive ketones (excluding diaryl/α,β-unsaturated/α-hetero) is 1. The predicted molar refractivity (Wildman–Crippen MR) is 51.0 cm³/mol. The van der Waals surface area contributed by atoms with Gasteiger partial charge < -0.3 is 0 Å². The van der Waals surface area contributed by atoms with Crippen molar-refractivity contribution in [3.63, 3.8) is 0 Å². The lowest BCUT2D eigenvalue weighted by molar-refractivity contribution is -0.118. The Morgan fingerprint density at radius 3 is 2.58 bits per heavy atom. The van der Waals surface area contributed by atoms with E-state index in [1.807, 2.05) is 6.08 Å². The molecule has 0 amide bonds. The summed E-state index contributed by atoms with van der Waals surface area (Å²) < 4.78 is 0. The molecule has 66 valence electrons. The zero-order valence-electron chi connectivity index (χ0n) is 7.51. The van der Waals surface area contributed by atoms with E-state index in [1.165, 1.54) is 5.57 Å². The highest BCUT2D eigenvalue weighted by Gasteiger charge is 2.01. The van der Waals surface area contributed by atoms with Gasteiger partial charge in [-0.2, -0.15) is 0 Å². The van der Waals surface area contributed by atoms with Crippen LogP contribution in [0.2, 0.25) is 0 Å². The quantitative estimate of drug-likeness (QED) is 0.503. The molecule has 0 bridgehead atoms. The third-order valence-corrected chi connectivity index (χ3v) is 2.15. The van der Waals surface area contributed by atoms with Crippen LogP contribution in [0.15, 0.2) is 24.3 Å². The van der Waals surface area contributed by atoms with Crippen molar-refractivity contribution in [2.24, 2.45) is 0 Å². The summed E-state index contributed by atoms with van der Waals surface area (Å²) in [4.78, 5) is 11.1. The molecule has 0 fully saturated rings. The number of rotatable bonds is 0. The zero-order valence-corrected chi connectivity index (χ0v) is 7.51. The van der Waals surface area contributed by atoms with E-state index in [0.717, 1.165) is 32.1 Å². The Bertz CT molecular complexity index is 179. The summed E-state index contributed by atoms with van der Waals surface area (Å²) in [6.45, 7) is 3.97. The molecule has 0 unspecified atom stereocenters. The van der Waals surface area contributed by atoms with Crippen LogP contribution in [0.5, 0.6) is 0 Å². The van der Waals surface area contributed by atoms with Crippen molar-refractivity contribution in [3.05, 3.63) is 24.3 Å². The van der Waals surface area contributed by atoms with E-state index in [1.54, 1.807) is 0 Å². The van der Waals surface area contributed by atoms with E-state index < -0.39 is 0 Å². The first-order valence-electron chi connectivity index (χ1n) is 4.62. The van der Waals surface area contributed by atoms with Crippen molar-refractivity contribution in [2.75, 3.05) is 0 Å². The van der Waals surface area contributed by atoms with Gasteiger partial charge in [-0.05, 0) is 25.7 Å². The van der Waals surface area contributed by atoms with E-state index >= 15 is 0 Å². The second-order valence-corrected chi connectivity index (χ2v) is 3.38. The molecular weight excluding hydrogens is 148 g/mol. The first-order valence-corrected chi connectivity index (χ1v) is 4.62. The third kappa shape index (κ3) is 3.51. The van der Waals surface area contributed by atoms with Gasteiger partial charge in [0.25, 0.3) is 0 Å². The molecular formula is C11H16O. The van der Waals surface area contributed by atoms with Crippen molar-refractivity contribution in [2.45, 2.75) is 38.5 Å². The molecule has 1 aliphatic rings. The number of carbonyl (C=O) groups is 1. The molecule has 12 heavy (non-hydrogen) atoms. The Kier molecular flexibility index (Phi) is 3.78. The minimum Gasteiger partial charge on any atom is -0.299 e. The van der Waals surface area contributed by atoms with Gasteiger partial charge in [-0.1, -0.05) is 24.3 Å². The van der Waals surface area contributed by atoms with E-state index in [9.17, 15) is 4.79 Å². The number of hydrogen-bond donors (Lipinski definition) is 0. The van der Waals surface area contributed by atoms with Gasteiger partial charge in [-0.3, -0.25) is 4.79 Å². The maximum Gasteiger partial charge on any atom is 0.136 e. The van der Waals surface area contributed by atoms with Crippen molar-refractivity contribution in [3.8, 4) is 0 Å². The lowest BCUT2D eigenvalue weighted by Crippen LogP contribution is -1.96. The van der Waals surface area contributed by atoms with Gasteiger partial charge in [0.15, 0.2) is 0 Å². The molecule has 1 heteroatoms. The summed E-state index contributed by atoms with van der Waals surface area (Å²) in [6.07, 6.45) is 9.59. The summed E-state index contributed by atoms with van der Waals surface area (Å²) in [5.41, 5.74) is 1.29. The Balaban J connectivity index is 2.44. The second-order valence-electron chi connectivity index (χ2n) is 3.38. The molecule has 1 aliphatic carbocycles. The molecule has 0 saturated carbocycles. The van der Waals surface area contributed by atoms with Crippen LogP contribution in [0.1, 0.15) is 38.5 Å². The standard InChI is InChI=1S/C11H16O/c1-10-6-2-4-8-11(12)9-5-3-7-10/h2,4H,1,3,5-9H2/b4-2-. The van der Waals surface area contributed by atoms with Crippen molar-refractivity contribution in [1.29, 1.82) is 0 Å². The van der Waals surface area contributed by atoms with Crippen LogP contribution in [-0.4, -0.2) is 5.78 Å². The van der Waals surface area contributed by atoms with E-state index in [4.69, 9.17) is 0 Å². The van der Waals surface area contributed by atoms with Gasteiger partial charge in [0.2, 0.25) is 0 Å². The molecule has 0 aromatic heterocycles. The molecule has 0 N–H and O–H groups in total. The van der Waals surface area contributed by atoms with E-state index in [2.05, 4.69) is 12.7 Å². The van der Waals surface area contributed by atoms with Crippen molar-refractivity contribution in [1.82, 2.24) is 0 Å². The van der Waals surface area contributed by atoms with Crippen molar-refractivity contribution < 1.29 is 4.79 Å². The Morgan fingerprint density at radius 1 is 1.08 bits per heavy atom. The smallest absolute Gasteiger partial charge is 0.136 e. The summed E-state index contributed by atoms with van der Waals surface area (Å²) in [5.74, 6) is 0.374. The largest absolute Gasteiger partial charge is 0.299 e. The van der Waals surface area contributed by atoms with Crippen LogP contribution in [0.3, 0.4) is 0 Å². The third-order valence-electron chi connectivity index (χ3n) is 2.15. The SMILES string of the molecule is C=C1C/C=C\CC(=O)CCCC1. The minimum atomic E-state index is 0.374. The van der Waals surface area contributed by atoms with Crippen molar-refractivity contribution >= 4 is 5.78 Å². The fourth-order valence-corrected chi connectivity index (χ4v) is 1.37. The highest BCUT2D eigenvalue weighted by atomic mass is 16.1. The maximum absolute atomic E-state index is 11.1. The highest BCUT2D eigenvalue weighted by molar-refractivity contribution is 5.79.